The second-order valence-electron chi connectivity index (χ2n) is 6.32. The van der Waals surface area contributed by atoms with Crippen LogP contribution in [0.1, 0.15) is 38.3 Å². The highest BCUT2D eigenvalue weighted by molar-refractivity contribution is 5.85. The predicted molar refractivity (Wildman–Crippen MR) is 99.6 cm³/mol. The molecule has 2 unspecified atom stereocenters. The number of hydrogen-bond acceptors (Lipinski definition) is 3. The molecule has 0 saturated heterocycles. The van der Waals surface area contributed by atoms with Crippen LogP contribution in [-0.4, -0.2) is 42.4 Å². The SMILES string of the molecule is CCC(C)C(N)C(=O)N(CC)Cc1ccc(CN(C)C)cc1.Cl. The normalized spacial score (nSPS) is 13.3. The minimum Gasteiger partial charge on any atom is -0.337 e. The number of carbonyl (C=O) groups excluding carboxylic acids is 1. The number of benzene rings is 1. The van der Waals surface area contributed by atoms with Crippen molar-refractivity contribution < 1.29 is 4.79 Å². The molecule has 1 aromatic carbocycles. The van der Waals surface area contributed by atoms with Gasteiger partial charge in [0.2, 0.25) is 5.91 Å². The molecule has 4 nitrogen and oxygen atoms in total. The van der Waals surface area contributed by atoms with Crippen LogP contribution in [0.4, 0.5) is 0 Å². The van der Waals surface area contributed by atoms with Gasteiger partial charge in [-0.1, -0.05) is 44.5 Å². The van der Waals surface area contributed by atoms with Crippen LogP contribution in [-0.2, 0) is 17.9 Å². The zero-order valence-electron chi connectivity index (χ0n) is 15.1. The largest absolute Gasteiger partial charge is 0.337 e. The maximum atomic E-state index is 12.5. The third-order valence-electron chi connectivity index (χ3n) is 4.13. The van der Waals surface area contributed by atoms with Crippen molar-refractivity contribution in [2.45, 2.75) is 46.3 Å². The monoisotopic (exact) mass is 341 g/mol. The van der Waals surface area contributed by atoms with Gasteiger partial charge in [-0.3, -0.25) is 4.79 Å². The Bertz CT molecular complexity index is 462. The summed E-state index contributed by atoms with van der Waals surface area (Å²) in [7, 11) is 4.11. The van der Waals surface area contributed by atoms with E-state index in [9.17, 15) is 4.79 Å². The maximum Gasteiger partial charge on any atom is 0.240 e. The number of carbonyl (C=O) groups is 1. The standard InChI is InChI=1S/C18H31N3O.ClH/c1-6-14(3)17(19)18(22)21(7-2)13-16-10-8-15(9-11-16)12-20(4)5;/h8-11,14,17H,6-7,12-13,19H2,1-5H3;1H. The summed E-state index contributed by atoms with van der Waals surface area (Å²) in [6, 6.07) is 8.05. The van der Waals surface area contributed by atoms with Gasteiger partial charge in [0.1, 0.15) is 0 Å². The highest BCUT2D eigenvalue weighted by Crippen LogP contribution is 2.13. The Morgan fingerprint density at radius 1 is 1.09 bits per heavy atom. The molecule has 0 aliphatic heterocycles. The Kier molecular flexibility index (Phi) is 10.1. The Balaban J connectivity index is 0.00000484. The van der Waals surface area contributed by atoms with Crippen molar-refractivity contribution in [2.75, 3.05) is 20.6 Å². The molecule has 23 heavy (non-hydrogen) atoms. The van der Waals surface area contributed by atoms with Crippen molar-refractivity contribution in [3.8, 4) is 0 Å². The van der Waals surface area contributed by atoms with Gasteiger partial charge in [-0.15, -0.1) is 12.4 Å². The predicted octanol–water partition coefficient (Wildman–Crippen LogP) is 2.89. The lowest BCUT2D eigenvalue weighted by atomic mass is 9.98. The number of nitrogens with zero attached hydrogens (tertiary/aromatic N) is 2. The molecule has 0 aromatic heterocycles. The van der Waals surface area contributed by atoms with E-state index >= 15 is 0 Å². The molecule has 0 heterocycles. The van der Waals surface area contributed by atoms with Crippen molar-refractivity contribution in [3.05, 3.63) is 35.4 Å². The summed E-state index contributed by atoms with van der Waals surface area (Å²) in [4.78, 5) is 16.5. The van der Waals surface area contributed by atoms with Gasteiger partial charge in [-0.2, -0.15) is 0 Å². The number of rotatable bonds is 8. The molecular formula is C18H32ClN3O. The van der Waals surface area contributed by atoms with E-state index in [1.54, 1.807) is 0 Å². The van der Waals surface area contributed by atoms with E-state index in [1.807, 2.05) is 18.7 Å². The highest BCUT2D eigenvalue weighted by atomic mass is 35.5. The van der Waals surface area contributed by atoms with Gasteiger partial charge >= 0.3 is 0 Å². The van der Waals surface area contributed by atoms with Crippen LogP contribution in [0, 0.1) is 5.92 Å². The van der Waals surface area contributed by atoms with Gasteiger partial charge in [0.05, 0.1) is 6.04 Å². The molecule has 2 atom stereocenters. The van der Waals surface area contributed by atoms with Crippen LogP contribution in [0.2, 0.25) is 0 Å². The number of hydrogen-bond donors (Lipinski definition) is 1. The van der Waals surface area contributed by atoms with Crippen LogP contribution in [0.15, 0.2) is 24.3 Å². The van der Waals surface area contributed by atoms with Crippen LogP contribution in [0.3, 0.4) is 0 Å². The van der Waals surface area contributed by atoms with Crippen LogP contribution in [0.5, 0.6) is 0 Å². The fourth-order valence-corrected chi connectivity index (χ4v) is 2.39. The summed E-state index contributed by atoms with van der Waals surface area (Å²) < 4.78 is 0. The Morgan fingerprint density at radius 2 is 1.57 bits per heavy atom. The van der Waals surface area contributed by atoms with Gasteiger partial charge in [-0.05, 0) is 38.1 Å². The quantitative estimate of drug-likeness (QED) is 0.791. The number of nitrogens with two attached hydrogens (primary N) is 1. The topological polar surface area (TPSA) is 49.6 Å². The van der Waals surface area contributed by atoms with Crippen LogP contribution in [0.25, 0.3) is 0 Å². The summed E-state index contributed by atoms with van der Waals surface area (Å²) in [5, 5.41) is 0. The van der Waals surface area contributed by atoms with Crippen molar-refractivity contribution in [1.29, 1.82) is 0 Å². The van der Waals surface area contributed by atoms with Crippen LogP contribution < -0.4 is 5.73 Å². The first kappa shape index (κ1) is 21.9. The fraction of sp³-hybridized carbons (Fsp3) is 0.611. The first-order valence-electron chi connectivity index (χ1n) is 8.15. The molecule has 0 spiro atoms. The van der Waals surface area contributed by atoms with Crippen molar-refractivity contribution in [1.82, 2.24) is 9.80 Å². The molecule has 0 saturated carbocycles. The third kappa shape index (κ3) is 6.90. The lowest BCUT2D eigenvalue weighted by Crippen LogP contribution is -2.46. The van der Waals surface area contributed by atoms with E-state index in [0.717, 1.165) is 18.5 Å². The molecule has 0 radical (unpaired) electrons. The molecule has 0 aliphatic carbocycles. The minimum atomic E-state index is -0.405. The fourth-order valence-electron chi connectivity index (χ4n) is 2.39. The molecule has 1 amide bonds. The average molecular weight is 342 g/mol. The van der Waals surface area contributed by atoms with Gasteiger partial charge in [0.15, 0.2) is 0 Å². The minimum absolute atomic E-state index is 0. The van der Waals surface area contributed by atoms with Crippen molar-refractivity contribution in [2.24, 2.45) is 11.7 Å². The molecule has 0 aliphatic rings. The van der Waals surface area contributed by atoms with E-state index in [1.165, 1.54) is 5.56 Å². The zero-order valence-corrected chi connectivity index (χ0v) is 15.9. The average Bonchev–Trinajstić information content (AvgIpc) is 2.51. The van der Waals surface area contributed by atoms with Crippen LogP contribution >= 0.6 is 12.4 Å². The van der Waals surface area contributed by atoms with Crippen molar-refractivity contribution in [3.63, 3.8) is 0 Å². The Labute approximate surface area is 147 Å². The van der Waals surface area contributed by atoms with E-state index in [-0.39, 0.29) is 24.2 Å². The summed E-state index contributed by atoms with van der Waals surface area (Å²) in [6.07, 6.45) is 0.920. The number of likely N-dealkylation sites (N-methyl/N-ethyl adjacent to an activating group) is 1. The zero-order chi connectivity index (χ0) is 16.7. The molecule has 132 valence electrons. The molecule has 1 aromatic rings. The molecule has 0 fully saturated rings. The number of halogens is 1. The summed E-state index contributed by atoms with van der Waals surface area (Å²) >= 11 is 0. The molecule has 1 rings (SSSR count). The molecule has 0 bridgehead atoms. The highest BCUT2D eigenvalue weighted by Gasteiger charge is 2.24. The second kappa shape index (κ2) is 10.6. The molecular weight excluding hydrogens is 310 g/mol. The lowest BCUT2D eigenvalue weighted by Gasteiger charge is -2.27. The number of amides is 1. The van der Waals surface area contributed by atoms with Gasteiger partial charge in [0.25, 0.3) is 0 Å². The van der Waals surface area contributed by atoms with E-state index in [0.29, 0.717) is 13.1 Å². The first-order valence-corrected chi connectivity index (χ1v) is 8.15. The van der Waals surface area contributed by atoms with Gasteiger partial charge < -0.3 is 15.5 Å². The third-order valence-corrected chi connectivity index (χ3v) is 4.13. The van der Waals surface area contributed by atoms with Gasteiger partial charge in [-0.25, -0.2) is 0 Å². The Morgan fingerprint density at radius 3 is 1.96 bits per heavy atom. The second-order valence-corrected chi connectivity index (χ2v) is 6.32. The van der Waals surface area contributed by atoms with E-state index in [2.05, 4.69) is 50.2 Å². The first-order chi connectivity index (χ1) is 10.4. The van der Waals surface area contributed by atoms with E-state index in [4.69, 9.17) is 5.73 Å². The lowest BCUT2D eigenvalue weighted by molar-refractivity contribution is -0.134. The maximum absolute atomic E-state index is 12.5. The van der Waals surface area contributed by atoms with Gasteiger partial charge in [0, 0.05) is 19.6 Å². The van der Waals surface area contributed by atoms with E-state index < -0.39 is 6.04 Å². The van der Waals surface area contributed by atoms with Crippen molar-refractivity contribution >= 4 is 18.3 Å². The summed E-state index contributed by atoms with van der Waals surface area (Å²) in [5.74, 6) is 0.262. The summed E-state index contributed by atoms with van der Waals surface area (Å²) in [5.41, 5.74) is 8.51. The Hall–Kier alpha value is -1.10. The molecule has 5 heteroatoms. The smallest absolute Gasteiger partial charge is 0.240 e. The molecule has 2 N–H and O–H groups in total. The summed E-state index contributed by atoms with van der Waals surface area (Å²) in [6.45, 7) is 8.34.